The molecule has 4 bridgehead atoms. The molecule has 0 radical (unpaired) electrons. The molecule has 1 aliphatic carbocycles. The number of aliphatic carboxylic acids is 1. The summed E-state index contributed by atoms with van der Waals surface area (Å²) in [6.45, 7) is 16.0. The van der Waals surface area contributed by atoms with Crippen LogP contribution in [0.15, 0.2) is 45.3 Å². The van der Waals surface area contributed by atoms with Gasteiger partial charge in [-0.15, -0.1) is 11.8 Å². The number of amides is 1. The topological polar surface area (TPSA) is 142 Å². The first-order valence-corrected chi connectivity index (χ1v) is 16.8. The number of carbonyl (C=O) groups excluding carboxylic acids is 2. The van der Waals surface area contributed by atoms with Crippen molar-refractivity contribution in [1.82, 2.24) is 5.32 Å². The minimum Gasteiger partial charge on any atom is -0.504 e. The van der Waals surface area contributed by atoms with E-state index in [0.29, 0.717) is 22.8 Å². The van der Waals surface area contributed by atoms with Crippen LogP contribution in [0.2, 0.25) is 0 Å². The summed E-state index contributed by atoms with van der Waals surface area (Å²) in [5, 5.41) is 36.1. The van der Waals surface area contributed by atoms with Crippen LogP contribution in [0.3, 0.4) is 0 Å². The van der Waals surface area contributed by atoms with Crippen LogP contribution in [0.4, 0.5) is 0 Å². The molecule has 4 rings (SSSR count). The van der Waals surface area contributed by atoms with Gasteiger partial charge in [-0.1, -0.05) is 53.2 Å². The van der Waals surface area contributed by atoms with E-state index in [1.807, 2.05) is 6.92 Å². The number of carboxylic acid groups (broad SMARTS) is 1. The van der Waals surface area contributed by atoms with E-state index in [4.69, 9.17) is 9.47 Å². The zero-order chi connectivity index (χ0) is 32.7. The van der Waals surface area contributed by atoms with Crippen LogP contribution in [0.1, 0.15) is 81.1 Å². The number of fused-ring (bicyclic) bond motifs is 4. The SMILES string of the molecule is CC(=O)N[C@H](CSC1=C2C3=CC(=O)C(O)=C2[C@@H]2O[C@H](CC[C@H](C)C=C(C)C[C@@H](C)C[C@H](C)[C@]1(O)O3)[C@H](C)[C@H](C)[C@H]2C)C(=O)O. The van der Waals surface area contributed by atoms with Gasteiger partial charge in [0, 0.05) is 35.8 Å². The Labute approximate surface area is 265 Å². The zero-order valence-electron chi connectivity index (χ0n) is 27.2. The fourth-order valence-corrected chi connectivity index (χ4v) is 8.73. The van der Waals surface area contributed by atoms with E-state index in [1.165, 1.54) is 18.6 Å². The number of ether oxygens (including phenoxy) is 2. The highest BCUT2D eigenvalue weighted by Gasteiger charge is 2.54. The first kappa shape index (κ1) is 34.3. The largest absolute Gasteiger partial charge is 0.504 e. The lowest BCUT2D eigenvalue weighted by Crippen LogP contribution is -2.46. The number of hydrogen-bond acceptors (Lipinski definition) is 8. The molecule has 10 heteroatoms. The smallest absolute Gasteiger partial charge is 0.327 e. The molecule has 0 unspecified atom stereocenters. The number of allylic oxidation sites excluding steroid dienone is 4. The molecular weight excluding hydrogens is 582 g/mol. The third-order valence-electron chi connectivity index (χ3n) is 10.1. The van der Waals surface area contributed by atoms with Gasteiger partial charge in [0.25, 0.3) is 0 Å². The summed E-state index contributed by atoms with van der Waals surface area (Å²) in [6, 6.07) is -1.23. The van der Waals surface area contributed by atoms with E-state index in [9.17, 15) is 29.7 Å². The highest BCUT2D eigenvalue weighted by molar-refractivity contribution is 8.03. The van der Waals surface area contributed by atoms with Gasteiger partial charge in [-0.05, 0) is 62.2 Å². The second-order valence-corrected chi connectivity index (χ2v) is 14.8. The Morgan fingerprint density at radius 1 is 1.11 bits per heavy atom. The summed E-state index contributed by atoms with van der Waals surface area (Å²) in [5.74, 6) is -4.18. The van der Waals surface area contributed by atoms with Crippen molar-refractivity contribution in [3.8, 4) is 0 Å². The predicted octanol–water partition coefficient (Wildman–Crippen LogP) is 5.66. The second kappa shape index (κ2) is 13.4. The number of thioether (sulfide) groups is 1. The molecule has 244 valence electrons. The van der Waals surface area contributed by atoms with Crippen molar-refractivity contribution in [3.05, 3.63) is 45.3 Å². The quantitative estimate of drug-likeness (QED) is 0.283. The van der Waals surface area contributed by atoms with Gasteiger partial charge in [-0.2, -0.15) is 0 Å². The van der Waals surface area contributed by atoms with Gasteiger partial charge in [0.05, 0.1) is 17.1 Å². The van der Waals surface area contributed by atoms with Crippen molar-refractivity contribution in [2.45, 2.75) is 105 Å². The Balaban J connectivity index is 1.90. The lowest BCUT2D eigenvalue weighted by molar-refractivity contribution is -0.166. The van der Waals surface area contributed by atoms with E-state index < -0.39 is 47.3 Å². The van der Waals surface area contributed by atoms with E-state index in [-0.39, 0.29) is 46.9 Å². The molecule has 4 aliphatic rings. The standard InChI is InChI=1S/C34H49NO8S/c1-16-9-10-26-21(6)20(5)22(7)31(42-26)29-28-27(14-25(37)30(29)38)43-34(41,19(4)13-18(3)12-17(2)11-16)32(28)44-15-24(33(39)40)35-23(8)36/h11,14,16,18-22,24,26,31,38,41H,9-10,12-13,15H2,1-8H3,(H,35,36)(H,39,40)/t16-,18+,19-,20-,21+,22+,24+,26+,31+,34-/m0/s1. The fraction of sp³-hybridized carbons (Fsp3) is 0.676. The second-order valence-electron chi connectivity index (χ2n) is 13.7. The molecule has 10 atom stereocenters. The number of aliphatic hydroxyl groups is 2. The highest BCUT2D eigenvalue weighted by atomic mass is 32.2. The molecule has 4 N–H and O–H groups in total. The molecule has 0 spiro atoms. The molecule has 0 aromatic heterocycles. The van der Waals surface area contributed by atoms with Gasteiger partial charge in [0.2, 0.25) is 17.5 Å². The molecule has 3 aliphatic heterocycles. The molecular formula is C34H49NO8S. The zero-order valence-corrected chi connectivity index (χ0v) is 28.0. The molecule has 0 saturated carbocycles. The first-order valence-electron chi connectivity index (χ1n) is 15.9. The van der Waals surface area contributed by atoms with Gasteiger partial charge in [0.1, 0.15) is 11.8 Å². The molecule has 1 fully saturated rings. The average molecular weight is 632 g/mol. The van der Waals surface area contributed by atoms with Crippen molar-refractivity contribution < 1.29 is 39.2 Å². The van der Waals surface area contributed by atoms with Crippen molar-refractivity contribution >= 4 is 29.4 Å². The summed E-state index contributed by atoms with van der Waals surface area (Å²) >= 11 is 1.07. The maximum absolute atomic E-state index is 13.2. The summed E-state index contributed by atoms with van der Waals surface area (Å²) in [6.07, 6.45) is 5.92. The molecule has 9 nitrogen and oxygen atoms in total. The van der Waals surface area contributed by atoms with Gasteiger partial charge in [-0.25, -0.2) is 4.79 Å². The monoisotopic (exact) mass is 631 g/mol. The van der Waals surface area contributed by atoms with E-state index >= 15 is 0 Å². The van der Waals surface area contributed by atoms with Gasteiger partial charge < -0.3 is 30.1 Å². The Kier molecular flexibility index (Phi) is 10.5. The molecule has 44 heavy (non-hydrogen) atoms. The Morgan fingerprint density at radius 3 is 2.43 bits per heavy atom. The average Bonchev–Trinajstić information content (AvgIpc) is 3.21. The number of carbonyl (C=O) groups is 3. The summed E-state index contributed by atoms with van der Waals surface area (Å²) < 4.78 is 13.1. The van der Waals surface area contributed by atoms with Crippen LogP contribution >= 0.6 is 11.8 Å². The third kappa shape index (κ3) is 6.82. The van der Waals surface area contributed by atoms with Crippen LogP contribution in [-0.4, -0.2) is 62.8 Å². The predicted molar refractivity (Wildman–Crippen MR) is 169 cm³/mol. The van der Waals surface area contributed by atoms with Crippen molar-refractivity contribution in [3.63, 3.8) is 0 Å². The molecule has 1 saturated heterocycles. The van der Waals surface area contributed by atoms with Crippen LogP contribution in [0.5, 0.6) is 0 Å². The molecule has 0 aromatic rings. The van der Waals surface area contributed by atoms with Crippen LogP contribution < -0.4 is 5.32 Å². The fourth-order valence-electron chi connectivity index (χ4n) is 7.37. The molecule has 1 amide bonds. The Bertz CT molecular complexity index is 1300. The summed E-state index contributed by atoms with van der Waals surface area (Å²) in [4.78, 5) is 37.4. The van der Waals surface area contributed by atoms with Gasteiger partial charge >= 0.3 is 5.97 Å². The maximum atomic E-state index is 13.2. The minimum atomic E-state index is -1.90. The number of ketones is 1. The van der Waals surface area contributed by atoms with E-state index in [1.54, 1.807) is 0 Å². The number of rotatable bonds is 5. The molecule has 0 aromatic carbocycles. The van der Waals surface area contributed by atoms with Crippen LogP contribution in [-0.2, 0) is 23.9 Å². The summed E-state index contributed by atoms with van der Waals surface area (Å²) in [5.41, 5.74) is 1.95. The summed E-state index contributed by atoms with van der Waals surface area (Å²) in [7, 11) is 0. The maximum Gasteiger partial charge on any atom is 0.327 e. The number of aliphatic hydroxyl groups excluding tert-OH is 1. The van der Waals surface area contributed by atoms with Crippen LogP contribution in [0.25, 0.3) is 0 Å². The highest BCUT2D eigenvalue weighted by Crippen LogP contribution is 2.55. The normalized spacial score (nSPS) is 37.2. The lowest BCUT2D eigenvalue weighted by Gasteiger charge is -2.45. The third-order valence-corrected chi connectivity index (χ3v) is 11.3. The van der Waals surface area contributed by atoms with Crippen molar-refractivity contribution in [2.75, 3.05) is 5.75 Å². The van der Waals surface area contributed by atoms with Gasteiger partial charge in [0.15, 0.2) is 5.76 Å². The number of hydrogen-bond donors (Lipinski definition) is 4. The lowest BCUT2D eigenvalue weighted by atomic mass is 9.71. The van der Waals surface area contributed by atoms with E-state index in [2.05, 4.69) is 52.9 Å². The Morgan fingerprint density at radius 2 is 1.80 bits per heavy atom. The van der Waals surface area contributed by atoms with Crippen LogP contribution in [0, 0.1) is 35.5 Å². The minimum absolute atomic E-state index is 0.0833. The number of nitrogens with one attached hydrogen (secondary N) is 1. The Hall–Kier alpha value is -2.56. The van der Waals surface area contributed by atoms with Crippen molar-refractivity contribution in [1.29, 1.82) is 0 Å². The van der Waals surface area contributed by atoms with Crippen molar-refractivity contribution in [2.24, 2.45) is 35.5 Å². The first-order chi connectivity index (χ1) is 20.5. The van der Waals surface area contributed by atoms with Gasteiger partial charge in [-0.3, -0.25) is 9.59 Å². The molecule has 3 heterocycles. The van der Waals surface area contributed by atoms with E-state index in [0.717, 1.165) is 31.0 Å². The number of carboxylic acids is 1.